The molecule has 4 N–H and O–H groups in total. The van der Waals surface area contributed by atoms with E-state index in [1.807, 2.05) is 20.8 Å². The molecule has 1 saturated carbocycles. The number of alkyl carbamates (subject to hydrolysis) is 1. The Labute approximate surface area is 113 Å². The molecule has 1 rings (SSSR count). The van der Waals surface area contributed by atoms with E-state index in [4.69, 9.17) is 9.84 Å². The van der Waals surface area contributed by atoms with Crippen molar-refractivity contribution in [2.45, 2.75) is 64.1 Å². The van der Waals surface area contributed by atoms with Crippen LogP contribution in [0.3, 0.4) is 0 Å². The largest absolute Gasteiger partial charge is 0.464 e. The summed E-state index contributed by atoms with van der Waals surface area (Å²) in [6, 6.07) is 0.0430. The van der Waals surface area contributed by atoms with Crippen LogP contribution in [0, 0.1) is 0 Å². The molecule has 0 aromatic carbocycles. The van der Waals surface area contributed by atoms with E-state index in [9.17, 15) is 9.59 Å². The number of hydrogen-bond acceptors (Lipinski definition) is 4. The monoisotopic (exact) mass is 273 g/mol. The van der Waals surface area contributed by atoms with Crippen LogP contribution in [0.25, 0.3) is 0 Å². The quantitative estimate of drug-likeness (QED) is 0.585. The highest BCUT2D eigenvalue weighted by molar-refractivity contribution is 5.68. The van der Waals surface area contributed by atoms with Gasteiger partial charge in [-0.2, -0.15) is 0 Å². The summed E-state index contributed by atoms with van der Waals surface area (Å²) in [4.78, 5) is 22.0. The molecule has 0 aromatic rings. The second-order valence-corrected chi connectivity index (χ2v) is 5.78. The molecule has 0 saturated heterocycles. The van der Waals surface area contributed by atoms with Gasteiger partial charge in [-0.3, -0.25) is 5.43 Å². The number of rotatable bonds is 3. The minimum absolute atomic E-state index is 0.0108. The van der Waals surface area contributed by atoms with Gasteiger partial charge in [-0.15, -0.1) is 0 Å². The van der Waals surface area contributed by atoms with Crippen LogP contribution in [0.4, 0.5) is 9.59 Å². The number of amides is 2. The van der Waals surface area contributed by atoms with Gasteiger partial charge >= 0.3 is 12.2 Å². The number of hydrazine groups is 1. The first-order valence-electron chi connectivity index (χ1n) is 6.50. The highest BCUT2D eigenvalue weighted by Gasteiger charge is 2.25. The molecule has 1 fully saturated rings. The number of nitrogens with one attached hydrogen (secondary N) is 3. The van der Waals surface area contributed by atoms with Gasteiger partial charge in [-0.05, 0) is 46.5 Å². The smallest absolute Gasteiger partial charge is 0.419 e. The summed E-state index contributed by atoms with van der Waals surface area (Å²) < 4.78 is 5.19. The molecule has 19 heavy (non-hydrogen) atoms. The van der Waals surface area contributed by atoms with Crippen molar-refractivity contribution in [1.29, 1.82) is 0 Å². The minimum Gasteiger partial charge on any atom is -0.464 e. The molecule has 7 heteroatoms. The lowest BCUT2D eigenvalue weighted by Gasteiger charge is -2.30. The fraction of sp³-hybridized carbons (Fsp3) is 0.833. The maximum atomic E-state index is 11.6. The lowest BCUT2D eigenvalue weighted by atomic mass is 9.91. The van der Waals surface area contributed by atoms with Crippen LogP contribution in [-0.4, -0.2) is 35.0 Å². The molecule has 2 atom stereocenters. The van der Waals surface area contributed by atoms with Crippen molar-refractivity contribution >= 4 is 12.2 Å². The third kappa shape index (κ3) is 6.85. The molecule has 0 spiro atoms. The van der Waals surface area contributed by atoms with Gasteiger partial charge in [0.2, 0.25) is 0 Å². The predicted octanol–water partition coefficient (Wildman–Crippen LogP) is 1.59. The van der Waals surface area contributed by atoms with E-state index in [2.05, 4.69) is 16.2 Å². The van der Waals surface area contributed by atoms with Crippen molar-refractivity contribution in [3.8, 4) is 0 Å². The molecule has 0 heterocycles. The van der Waals surface area contributed by atoms with Crippen LogP contribution in [0.1, 0.15) is 46.5 Å². The van der Waals surface area contributed by atoms with Crippen LogP contribution >= 0.6 is 0 Å². The van der Waals surface area contributed by atoms with Crippen molar-refractivity contribution in [1.82, 2.24) is 16.2 Å². The maximum absolute atomic E-state index is 11.6. The van der Waals surface area contributed by atoms with Crippen molar-refractivity contribution < 1.29 is 19.4 Å². The zero-order chi connectivity index (χ0) is 14.5. The molecule has 7 nitrogen and oxygen atoms in total. The number of carboxylic acid groups (broad SMARTS) is 1. The van der Waals surface area contributed by atoms with Crippen molar-refractivity contribution in [3.05, 3.63) is 0 Å². The van der Waals surface area contributed by atoms with Crippen LogP contribution in [-0.2, 0) is 4.74 Å². The van der Waals surface area contributed by atoms with Crippen molar-refractivity contribution in [2.75, 3.05) is 0 Å². The summed E-state index contributed by atoms with van der Waals surface area (Å²) in [5, 5.41) is 11.3. The number of carbonyl (C=O) groups excluding carboxylic acids is 1. The summed E-state index contributed by atoms with van der Waals surface area (Å²) >= 11 is 0. The highest BCUT2D eigenvalue weighted by Crippen LogP contribution is 2.18. The Morgan fingerprint density at radius 1 is 1.21 bits per heavy atom. The first kappa shape index (κ1) is 15.6. The Bertz CT molecular complexity index is 327. The molecule has 1 aliphatic rings. The van der Waals surface area contributed by atoms with Crippen LogP contribution in [0.5, 0.6) is 0 Å². The van der Waals surface area contributed by atoms with Crippen molar-refractivity contribution in [3.63, 3.8) is 0 Å². The maximum Gasteiger partial charge on any atom is 0.419 e. The summed E-state index contributed by atoms with van der Waals surface area (Å²) in [5.41, 5.74) is 4.37. The Hall–Kier alpha value is -1.50. The van der Waals surface area contributed by atoms with Crippen LogP contribution < -0.4 is 16.2 Å². The number of carbonyl (C=O) groups is 2. The summed E-state index contributed by atoms with van der Waals surface area (Å²) in [6.07, 6.45) is 1.84. The SMILES string of the molecule is CC(C)(C)OC(=O)NC1CCC[C@@H](NNC(=O)O)C1. The molecular weight excluding hydrogens is 250 g/mol. The van der Waals surface area contributed by atoms with Gasteiger partial charge in [-0.1, -0.05) is 0 Å². The van der Waals surface area contributed by atoms with Crippen LogP contribution in [0.15, 0.2) is 0 Å². The third-order valence-electron chi connectivity index (χ3n) is 2.78. The predicted molar refractivity (Wildman–Crippen MR) is 69.7 cm³/mol. The second-order valence-electron chi connectivity index (χ2n) is 5.78. The lowest BCUT2D eigenvalue weighted by molar-refractivity contribution is 0.0487. The molecule has 0 radical (unpaired) electrons. The van der Waals surface area contributed by atoms with E-state index in [1.54, 1.807) is 0 Å². The van der Waals surface area contributed by atoms with E-state index in [0.29, 0.717) is 6.42 Å². The molecule has 0 aromatic heterocycles. The Morgan fingerprint density at radius 2 is 1.84 bits per heavy atom. The van der Waals surface area contributed by atoms with Gasteiger partial charge in [0, 0.05) is 12.1 Å². The average Bonchev–Trinajstić information content (AvgIpc) is 2.24. The first-order valence-corrected chi connectivity index (χ1v) is 6.50. The zero-order valence-corrected chi connectivity index (χ0v) is 11.7. The van der Waals surface area contributed by atoms with Crippen molar-refractivity contribution in [2.24, 2.45) is 0 Å². The van der Waals surface area contributed by atoms with Gasteiger partial charge in [0.25, 0.3) is 0 Å². The van der Waals surface area contributed by atoms with E-state index in [0.717, 1.165) is 19.3 Å². The highest BCUT2D eigenvalue weighted by atomic mass is 16.6. The van der Waals surface area contributed by atoms with Gasteiger partial charge in [-0.25, -0.2) is 15.0 Å². The fourth-order valence-corrected chi connectivity index (χ4v) is 2.09. The molecule has 0 aliphatic heterocycles. The normalized spacial score (nSPS) is 23.5. The van der Waals surface area contributed by atoms with E-state index < -0.39 is 17.8 Å². The molecule has 1 unspecified atom stereocenters. The lowest BCUT2D eigenvalue weighted by Crippen LogP contribution is -2.50. The first-order chi connectivity index (χ1) is 8.76. The summed E-state index contributed by atoms with van der Waals surface area (Å²) in [5.74, 6) is 0. The number of hydrogen-bond donors (Lipinski definition) is 4. The van der Waals surface area contributed by atoms with Gasteiger partial charge < -0.3 is 15.2 Å². The standard InChI is InChI=1S/C12H23N3O4/c1-12(2,3)19-11(18)13-8-5-4-6-9(7-8)14-15-10(16)17/h8-9,14-15H,4-7H2,1-3H3,(H,13,18)(H,16,17)/t8?,9-/m1/s1. The van der Waals surface area contributed by atoms with E-state index in [-0.39, 0.29) is 12.1 Å². The van der Waals surface area contributed by atoms with Crippen LogP contribution in [0.2, 0.25) is 0 Å². The second kappa shape index (κ2) is 6.60. The Kier molecular flexibility index (Phi) is 5.41. The van der Waals surface area contributed by atoms with Gasteiger partial charge in [0.05, 0.1) is 0 Å². The Morgan fingerprint density at radius 3 is 2.42 bits per heavy atom. The molecule has 1 aliphatic carbocycles. The summed E-state index contributed by atoms with van der Waals surface area (Å²) in [7, 11) is 0. The molecular formula is C12H23N3O4. The zero-order valence-electron chi connectivity index (χ0n) is 11.7. The topological polar surface area (TPSA) is 99.7 Å². The average molecular weight is 273 g/mol. The minimum atomic E-state index is -1.11. The molecule has 2 amide bonds. The molecule has 110 valence electrons. The Balaban J connectivity index is 2.34. The molecule has 0 bridgehead atoms. The van der Waals surface area contributed by atoms with E-state index >= 15 is 0 Å². The number of ether oxygens (including phenoxy) is 1. The van der Waals surface area contributed by atoms with Gasteiger partial charge in [0.1, 0.15) is 5.60 Å². The van der Waals surface area contributed by atoms with E-state index in [1.165, 1.54) is 0 Å². The third-order valence-corrected chi connectivity index (χ3v) is 2.78. The summed E-state index contributed by atoms with van der Waals surface area (Å²) in [6.45, 7) is 5.44. The van der Waals surface area contributed by atoms with Gasteiger partial charge in [0.15, 0.2) is 0 Å². The fourth-order valence-electron chi connectivity index (χ4n) is 2.09.